The van der Waals surface area contributed by atoms with Crippen LogP contribution in [-0.4, -0.2) is 35.9 Å². The number of esters is 1. The number of carboxylic acids is 1. The van der Waals surface area contributed by atoms with Crippen LogP contribution in [0, 0.1) is 10.1 Å². The highest BCUT2D eigenvalue weighted by molar-refractivity contribution is 5.99. The van der Waals surface area contributed by atoms with E-state index in [1.807, 2.05) is 0 Å². The van der Waals surface area contributed by atoms with Crippen LogP contribution in [0.3, 0.4) is 0 Å². The van der Waals surface area contributed by atoms with Crippen LogP contribution in [0.4, 0.5) is 5.69 Å². The predicted octanol–water partition coefficient (Wildman–Crippen LogP) is 2.06. The van der Waals surface area contributed by atoms with Gasteiger partial charge >= 0.3 is 11.9 Å². The average Bonchev–Trinajstić information content (AvgIpc) is 2.58. The van der Waals surface area contributed by atoms with Crippen LogP contribution < -0.4 is 5.32 Å². The zero-order valence-corrected chi connectivity index (χ0v) is 14.4. The Balaban J connectivity index is 2.64. The Morgan fingerprint density at radius 3 is 2.50 bits per heavy atom. The predicted molar refractivity (Wildman–Crippen MR) is 90.0 cm³/mol. The van der Waals surface area contributed by atoms with E-state index in [1.54, 1.807) is 13.8 Å². The minimum atomic E-state index is -1.24. The fraction of sp³-hybridized carbons (Fsp3) is 0.294. The largest absolute Gasteiger partial charge is 0.478 e. The molecule has 0 unspecified atom stereocenters. The topological polar surface area (TPSA) is 128 Å². The van der Waals surface area contributed by atoms with Gasteiger partial charge in [-0.1, -0.05) is 12.1 Å². The molecule has 0 radical (unpaired) electrons. The van der Waals surface area contributed by atoms with E-state index < -0.39 is 22.8 Å². The highest BCUT2D eigenvalue weighted by Crippen LogP contribution is 2.39. The number of hydrogen-bond donors (Lipinski definition) is 2. The number of ether oxygens (including phenoxy) is 2. The molecule has 1 heterocycles. The van der Waals surface area contributed by atoms with E-state index in [2.05, 4.69) is 5.32 Å². The molecule has 9 nitrogen and oxygen atoms in total. The van der Waals surface area contributed by atoms with Crippen molar-refractivity contribution in [2.24, 2.45) is 0 Å². The average molecular weight is 362 g/mol. The smallest absolute Gasteiger partial charge is 0.338 e. The van der Waals surface area contributed by atoms with Crippen molar-refractivity contribution in [2.75, 3.05) is 13.9 Å². The molecule has 0 bridgehead atoms. The summed E-state index contributed by atoms with van der Waals surface area (Å²) in [6.07, 6.45) is 0. The number of non-ortho nitro benzene ring substituents is 1. The highest BCUT2D eigenvalue weighted by atomic mass is 16.7. The standard InChI is InChI=1S/C17H18N2O7/c1-9-13(16(20)21)15(11-5-4-6-12(7-11)19(23)24)14(10(2)18-9)17(22)26-8-25-3/h4-7,15,18H,8H2,1-3H3,(H,20,21)/t15-/m0/s1. The molecular formula is C17H18N2O7. The Morgan fingerprint density at radius 1 is 1.27 bits per heavy atom. The number of methoxy groups -OCH3 is 1. The maximum atomic E-state index is 12.5. The first-order valence-corrected chi connectivity index (χ1v) is 7.60. The van der Waals surface area contributed by atoms with Gasteiger partial charge in [0.2, 0.25) is 0 Å². The number of nitro groups is 1. The van der Waals surface area contributed by atoms with Gasteiger partial charge in [0.15, 0.2) is 6.79 Å². The number of nitrogens with one attached hydrogen (secondary N) is 1. The normalized spacial score (nSPS) is 17.0. The Morgan fingerprint density at radius 2 is 1.92 bits per heavy atom. The maximum absolute atomic E-state index is 12.5. The number of hydrogen-bond acceptors (Lipinski definition) is 7. The third-order valence-electron chi connectivity index (χ3n) is 3.93. The van der Waals surface area contributed by atoms with Crippen LogP contribution in [0.1, 0.15) is 25.3 Å². The molecular weight excluding hydrogens is 344 g/mol. The Bertz CT molecular complexity index is 826. The van der Waals surface area contributed by atoms with E-state index in [-0.39, 0.29) is 23.6 Å². The van der Waals surface area contributed by atoms with Crippen LogP contribution in [0.15, 0.2) is 46.8 Å². The number of dihydropyridines is 1. The third kappa shape index (κ3) is 3.72. The summed E-state index contributed by atoms with van der Waals surface area (Å²) >= 11 is 0. The second-order valence-corrected chi connectivity index (χ2v) is 5.63. The molecule has 9 heteroatoms. The second-order valence-electron chi connectivity index (χ2n) is 5.63. The Hall–Kier alpha value is -3.20. The van der Waals surface area contributed by atoms with Crippen molar-refractivity contribution >= 4 is 17.6 Å². The summed E-state index contributed by atoms with van der Waals surface area (Å²) in [5, 5.41) is 23.6. The molecule has 0 fully saturated rings. The second kappa shape index (κ2) is 7.79. The molecule has 1 atom stereocenters. The summed E-state index contributed by atoms with van der Waals surface area (Å²) in [7, 11) is 1.35. The molecule has 0 aromatic heterocycles. The van der Waals surface area contributed by atoms with Crippen molar-refractivity contribution < 1.29 is 29.1 Å². The monoisotopic (exact) mass is 362 g/mol. The van der Waals surface area contributed by atoms with Crippen LogP contribution >= 0.6 is 0 Å². The van der Waals surface area contributed by atoms with Crippen molar-refractivity contribution in [2.45, 2.75) is 19.8 Å². The van der Waals surface area contributed by atoms with Crippen molar-refractivity contribution in [1.29, 1.82) is 0 Å². The quantitative estimate of drug-likeness (QED) is 0.341. The molecule has 138 valence electrons. The lowest BCUT2D eigenvalue weighted by molar-refractivity contribution is -0.384. The van der Waals surface area contributed by atoms with E-state index in [4.69, 9.17) is 9.47 Å². The number of carbonyl (C=O) groups is 2. The van der Waals surface area contributed by atoms with E-state index >= 15 is 0 Å². The van der Waals surface area contributed by atoms with Gasteiger partial charge in [0.1, 0.15) is 0 Å². The molecule has 1 aliphatic heterocycles. The van der Waals surface area contributed by atoms with Crippen LogP contribution in [0.25, 0.3) is 0 Å². The summed E-state index contributed by atoms with van der Waals surface area (Å²) < 4.78 is 9.71. The molecule has 0 saturated carbocycles. The minimum absolute atomic E-state index is 0.0607. The molecule has 0 spiro atoms. The number of nitro benzene ring substituents is 1. The first kappa shape index (κ1) is 19.1. The molecule has 26 heavy (non-hydrogen) atoms. The molecule has 0 saturated heterocycles. The fourth-order valence-electron chi connectivity index (χ4n) is 2.89. The summed E-state index contributed by atoms with van der Waals surface area (Å²) in [6, 6.07) is 5.53. The zero-order valence-electron chi connectivity index (χ0n) is 14.4. The molecule has 1 aromatic carbocycles. The minimum Gasteiger partial charge on any atom is -0.478 e. The maximum Gasteiger partial charge on any atom is 0.338 e. The first-order chi connectivity index (χ1) is 12.3. The van der Waals surface area contributed by atoms with Gasteiger partial charge in [0.25, 0.3) is 5.69 Å². The van der Waals surface area contributed by atoms with Crippen LogP contribution in [-0.2, 0) is 19.1 Å². The van der Waals surface area contributed by atoms with Gasteiger partial charge in [0.05, 0.1) is 22.0 Å². The van der Waals surface area contributed by atoms with Crippen LogP contribution in [0.5, 0.6) is 0 Å². The number of allylic oxidation sites excluding steroid dienone is 2. The molecule has 1 aromatic rings. The SMILES string of the molecule is COCOC(=O)C1=C(C)NC(C)=C(C(=O)O)[C@@H]1c1cccc([N+](=O)[O-])c1. The molecule has 2 N–H and O–H groups in total. The summed E-state index contributed by atoms with van der Waals surface area (Å²) in [5.41, 5.74) is 0.831. The number of carbonyl (C=O) groups excluding carboxylic acids is 1. The number of benzene rings is 1. The van der Waals surface area contributed by atoms with Gasteiger partial charge in [-0.05, 0) is 19.4 Å². The lowest BCUT2D eigenvalue weighted by Gasteiger charge is -2.29. The van der Waals surface area contributed by atoms with Gasteiger partial charge in [-0.15, -0.1) is 0 Å². The Labute approximate surface area is 149 Å². The van der Waals surface area contributed by atoms with Gasteiger partial charge < -0.3 is 19.9 Å². The van der Waals surface area contributed by atoms with E-state index in [9.17, 15) is 24.8 Å². The highest BCUT2D eigenvalue weighted by Gasteiger charge is 2.37. The zero-order chi connectivity index (χ0) is 19.4. The Kier molecular flexibility index (Phi) is 5.73. The van der Waals surface area contributed by atoms with Crippen molar-refractivity contribution in [3.05, 3.63) is 62.5 Å². The van der Waals surface area contributed by atoms with Gasteiger partial charge in [0, 0.05) is 30.6 Å². The molecule has 1 aliphatic rings. The van der Waals surface area contributed by atoms with E-state index in [0.717, 1.165) is 0 Å². The molecule has 0 amide bonds. The number of carboxylic acid groups (broad SMARTS) is 1. The molecule has 2 rings (SSSR count). The molecule has 0 aliphatic carbocycles. The summed E-state index contributed by atoms with van der Waals surface area (Å²) in [5.74, 6) is -3.02. The van der Waals surface area contributed by atoms with Crippen molar-refractivity contribution in [1.82, 2.24) is 5.32 Å². The lowest BCUT2D eigenvalue weighted by atomic mass is 9.80. The van der Waals surface area contributed by atoms with E-state index in [0.29, 0.717) is 17.0 Å². The number of aliphatic carboxylic acids is 1. The summed E-state index contributed by atoms with van der Waals surface area (Å²) in [6.45, 7) is 2.87. The van der Waals surface area contributed by atoms with Crippen LogP contribution in [0.2, 0.25) is 0 Å². The van der Waals surface area contributed by atoms with Crippen molar-refractivity contribution in [3.8, 4) is 0 Å². The lowest BCUT2D eigenvalue weighted by Crippen LogP contribution is -2.32. The van der Waals surface area contributed by atoms with E-state index in [1.165, 1.54) is 31.4 Å². The van der Waals surface area contributed by atoms with Crippen molar-refractivity contribution in [3.63, 3.8) is 0 Å². The van der Waals surface area contributed by atoms with Gasteiger partial charge in [-0.25, -0.2) is 9.59 Å². The number of nitrogens with zero attached hydrogens (tertiary/aromatic N) is 1. The summed E-state index contributed by atoms with van der Waals surface area (Å²) in [4.78, 5) is 34.8. The number of rotatable bonds is 6. The van der Waals surface area contributed by atoms with Gasteiger partial charge in [-0.2, -0.15) is 0 Å². The third-order valence-corrected chi connectivity index (χ3v) is 3.93. The fourth-order valence-corrected chi connectivity index (χ4v) is 2.89. The van der Waals surface area contributed by atoms with Gasteiger partial charge in [-0.3, -0.25) is 10.1 Å². The first-order valence-electron chi connectivity index (χ1n) is 7.60.